The SMILES string of the molecule is CCOC(=O)NC1C=C(CO)C(O)C(O)C1O. The molecule has 0 radical (unpaired) electrons. The zero-order valence-electron chi connectivity index (χ0n) is 9.41. The fourth-order valence-electron chi connectivity index (χ4n) is 1.63. The predicted octanol–water partition coefficient (Wildman–Crippen LogP) is -1.88. The standard InChI is InChI=1S/C10H17NO6/c1-2-17-10(16)11-6-3-5(4-12)7(13)9(15)8(6)14/h3,6-9,12-15H,2,4H2,1H3,(H,11,16). The van der Waals surface area contributed by atoms with Gasteiger partial charge in [0, 0.05) is 0 Å². The first kappa shape index (κ1) is 13.9. The van der Waals surface area contributed by atoms with E-state index >= 15 is 0 Å². The Kier molecular flexibility index (Phi) is 4.88. The van der Waals surface area contributed by atoms with E-state index in [1.165, 1.54) is 6.08 Å². The van der Waals surface area contributed by atoms with E-state index in [1.807, 2.05) is 0 Å². The third-order valence-electron chi connectivity index (χ3n) is 2.56. The van der Waals surface area contributed by atoms with Crippen LogP contribution in [0.25, 0.3) is 0 Å². The molecular weight excluding hydrogens is 230 g/mol. The summed E-state index contributed by atoms with van der Waals surface area (Å²) in [6, 6.07) is -0.908. The van der Waals surface area contributed by atoms with Crippen LogP contribution in [0.4, 0.5) is 4.79 Å². The number of alkyl carbamates (subject to hydrolysis) is 1. The van der Waals surface area contributed by atoms with E-state index in [4.69, 9.17) is 5.11 Å². The third kappa shape index (κ3) is 3.16. The molecule has 1 amide bonds. The Morgan fingerprint density at radius 1 is 1.41 bits per heavy atom. The molecule has 0 heterocycles. The van der Waals surface area contributed by atoms with Gasteiger partial charge in [-0.1, -0.05) is 6.08 Å². The molecule has 0 fully saturated rings. The molecule has 98 valence electrons. The van der Waals surface area contributed by atoms with Crippen molar-refractivity contribution in [3.8, 4) is 0 Å². The van der Waals surface area contributed by atoms with Gasteiger partial charge < -0.3 is 30.5 Å². The summed E-state index contributed by atoms with van der Waals surface area (Å²) in [5.41, 5.74) is 0.143. The number of aliphatic hydroxyl groups excluding tert-OH is 4. The Balaban J connectivity index is 2.76. The fraction of sp³-hybridized carbons (Fsp3) is 0.700. The first-order valence-electron chi connectivity index (χ1n) is 5.30. The van der Waals surface area contributed by atoms with Crippen molar-refractivity contribution in [2.75, 3.05) is 13.2 Å². The van der Waals surface area contributed by atoms with Gasteiger partial charge in [-0.25, -0.2) is 4.79 Å². The van der Waals surface area contributed by atoms with Crippen LogP contribution in [0.2, 0.25) is 0 Å². The summed E-state index contributed by atoms with van der Waals surface area (Å²) in [5, 5.41) is 39.9. The first-order chi connectivity index (χ1) is 8.01. The Labute approximate surface area is 98.3 Å². The quantitative estimate of drug-likeness (QED) is 0.372. The second kappa shape index (κ2) is 5.97. The van der Waals surface area contributed by atoms with Crippen molar-refractivity contribution in [3.63, 3.8) is 0 Å². The highest BCUT2D eigenvalue weighted by molar-refractivity contribution is 5.68. The molecule has 0 aliphatic heterocycles. The smallest absolute Gasteiger partial charge is 0.407 e. The van der Waals surface area contributed by atoms with E-state index in [0.29, 0.717) is 0 Å². The third-order valence-corrected chi connectivity index (χ3v) is 2.56. The molecule has 4 unspecified atom stereocenters. The average Bonchev–Trinajstić information content (AvgIpc) is 2.30. The average molecular weight is 247 g/mol. The lowest BCUT2D eigenvalue weighted by Crippen LogP contribution is -2.55. The molecule has 1 aliphatic rings. The molecular formula is C10H17NO6. The Morgan fingerprint density at radius 2 is 2.06 bits per heavy atom. The van der Waals surface area contributed by atoms with E-state index in [2.05, 4.69) is 10.1 Å². The van der Waals surface area contributed by atoms with Crippen LogP contribution < -0.4 is 5.32 Å². The van der Waals surface area contributed by atoms with Gasteiger partial charge in [-0.05, 0) is 12.5 Å². The van der Waals surface area contributed by atoms with Crippen molar-refractivity contribution in [2.24, 2.45) is 0 Å². The summed E-state index contributed by atoms with van der Waals surface area (Å²) in [6.45, 7) is 1.34. The minimum Gasteiger partial charge on any atom is -0.450 e. The number of carbonyl (C=O) groups excluding carboxylic acids is 1. The first-order valence-corrected chi connectivity index (χ1v) is 5.30. The second-order valence-electron chi connectivity index (χ2n) is 3.72. The van der Waals surface area contributed by atoms with Gasteiger partial charge in [-0.2, -0.15) is 0 Å². The Bertz CT molecular complexity index is 305. The van der Waals surface area contributed by atoms with Gasteiger partial charge in [0.25, 0.3) is 0 Å². The molecule has 0 bridgehead atoms. The number of carbonyl (C=O) groups is 1. The maximum atomic E-state index is 11.2. The van der Waals surface area contributed by atoms with E-state index in [1.54, 1.807) is 6.92 Å². The number of aliphatic hydroxyl groups is 4. The highest BCUT2D eigenvalue weighted by Gasteiger charge is 2.37. The molecule has 7 nitrogen and oxygen atoms in total. The van der Waals surface area contributed by atoms with Crippen LogP contribution in [0.5, 0.6) is 0 Å². The van der Waals surface area contributed by atoms with Crippen molar-refractivity contribution in [1.29, 1.82) is 0 Å². The largest absolute Gasteiger partial charge is 0.450 e. The van der Waals surface area contributed by atoms with Gasteiger partial charge in [0.15, 0.2) is 0 Å². The van der Waals surface area contributed by atoms with Gasteiger partial charge in [-0.15, -0.1) is 0 Å². The van der Waals surface area contributed by atoms with Crippen molar-refractivity contribution in [2.45, 2.75) is 31.3 Å². The second-order valence-corrected chi connectivity index (χ2v) is 3.72. The molecule has 0 saturated carbocycles. The van der Waals surface area contributed by atoms with Crippen LogP contribution in [0.3, 0.4) is 0 Å². The normalized spacial score (nSPS) is 32.9. The highest BCUT2D eigenvalue weighted by Crippen LogP contribution is 2.20. The van der Waals surface area contributed by atoms with Gasteiger partial charge in [-0.3, -0.25) is 0 Å². The number of hydrogen-bond acceptors (Lipinski definition) is 6. The molecule has 7 heteroatoms. The fourth-order valence-corrected chi connectivity index (χ4v) is 1.63. The number of rotatable bonds is 3. The molecule has 5 N–H and O–H groups in total. The number of nitrogens with one attached hydrogen (secondary N) is 1. The van der Waals surface area contributed by atoms with Gasteiger partial charge in [0.1, 0.15) is 18.3 Å². The van der Waals surface area contributed by atoms with Crippen molar-refractivity contribution in [1.82, 2.24) is 5.32 Å². The molecule has 0 spiro atoms. The van der Waals surface area contributed by atoms with Crippen LogP contribution in [0.1, 0.15) is 6.92 Å². The summed E-state index contributed by atoms with van der Waals surface area (Å²) in [7, 11) is 0. The summed E-state index contributed by atoms with van der Waals surface area (Å²) in [4.78, 5) is 11.2. The van der Waals surface area contributed by atoms with Crippen LogP contribution >= 0.6 is 0 Å². The summed E-state index contributed by atoms with van der Waals surface area (Å²) < 4.78 is 4.63. The van der Waals surface area contributed by atoms with E-state index in [-0.39, 0.29) is 12.2 Å². The maximum absolute atomic E-state index is 11.2. The lowest BCUT2D eigenvalue weighted by molar-refractivity contribution is -0.0636. The van der Waals surface area contributed by atoms with Gasteiger partial charge in [0.2, 0.25) is 0 Å². The summed E-state index contributed by atoms with van der Waals surface area (Å²) in [6.07, 6.45) is -3.60. The Morgan fingerprint density at radius 3 is 2.59 bits per heavy atom. The zero-order valence-corrected chi connectivity index (χ0v) is 9.41. The van der Waals surface area contributed by atoms with Crippen LogP contribution in [0.15, 0.2) is 11.6 Å². The van der Waals surface area contributed by atoms with Crippen LogP contribution in [-0.4, -0.2) is 64.1 Å². The molecule has 1 aliphatic carbocycles. The lowest BCUT2D eigenvalue weighted by atomic mass is 9.88. The minimum atomic E-state index is -1.46. The van der Waals surface area contributed by atoms with Crippen LogP contribution in [0, 0.1) is 0 Å². The summed E-state index contributed by atoms with van der Waals surface area (Å²) in [5.74, 6) is 0. The predicted molar refractivity (Wildman–Crippen MR) is 57.1 cm³/mol. The summed E-state index contributed by atoms with van der Waals surface area (Å²) >= 11 is 0. The molecule has 0 aromatic carbocycles. The van der Waals surface area contributed by atoms with E-state index in [0.717, 1.165) is 0 Å². The maximum Gasteiger partial charge on any atom is 0.407 e. The lowest BCUT2D eigenvalue weighted by Gasteiger charge is -2.34. The van der Waals surface area contributed by atoms with Crippen molar-refractivity contribution in [3.05, 3.63) is 11.6 Å². The van der Waals surface area contributed by atoms with Crippen molar-refractivity contribution < 1.29 is 30.0 Å². The molecule has 0 saturated heterocycles. The minimum absolute atomic E-state index is 0.143. The molecule has 4 atom stereocenters. The molecule has 1 rings (SSSR count). The van der Waals surface area contributed by atoms with Gasteiger partial charge in [0.05, 0.1) is 19.3 Å². The molecule has 0 aromatic heterocycles. The topological polar surface area (TPSA) is 119 Å². The number of amides is 1. The Hall–Kier alpha value is -1.15. The van der Waals surface area contributed by atoms with E-state index in [9.17, 15) is 20.1 Å². The molecule has 0 aromatic rings. The van der Waals surface area contributed by atoms with Crippen molar-refractivity contribution >= 4 is 6.09 Å². The number of ether oxygens (including phenoxy) is 1. The van der Waals surface area contributed by atoms with Crippen LogP contribution in [-0.2, 0) is 4.74 Å². The van der Waals surface area contributed by atoms with E-state index < -0.39 is 37.1 Å². The van der Waals surface area contributed by atoms with Gasteiger partial charge >= 0.3 is 6.09 Å². The monoisotopic (exact) mass is 247 g/mol. The highest BCUT2D eigenvalue weighted by atomic mass is 16.5. The zero-order chi connectivity index (χ0) is 13.0. The molecule has 17 heavy (non-hydrogen) atoms. The number of hydrogen-bond donors (Lipinski definition) is 5.